The minimum absolute atomic E-state index is 0.209. The van der Waals surface area contributed by atoms with Crippen molar-refractivity contribution in [1.29, 1.82) is 0 Å². The van der Waals surface area contributed by atoms with Crippen molar-refractivity contribution < 1.29 is 4.79 Å². The van der Waals surface area contributed by atoms with E-state index >= 15 is 0 Å². The summed E-state index contributed by atoms with van der Waals surface area (Å²) in [7, 11) is 0. The molecule has 0 atom stereocenters. The molecular weight excluding hydrogens is 233 g/mol. The molecule has 0 radical (unpaired) electrons. The van der Waals surface area contributed by atoms with E-state index in [9.17, 15) is 4.79 Å². The van der Waals surface area contributed by atoms with Crippen molar-refractivity contribution in [3.63, 3.8) is 0 Å². The van der Waals surface area contributed by atoms with Gasteiger partial charge in [0, 0.05) is 6.08 Å². The van der Waals surface area contributed by atoms with E-state index in [2.05, 4.69) is 5.32 Å². The van der Waals surface area contributed by atoms with Gasteiger partial charge in [-0.15, -0.1) is 0 Å². The summed E-state index contributed by atoms with van der Waals surface area (Å²) in [6.07, 6.45) is 1.50. The molecule has 0 aliphatic heterocycles. The van der Waals surface area contributed by atoms with Crippen LogP contribution in [0.4, 0.5) is 5.69 Å². The summed E-state index contributed by atoms with van der Waals surface area (Å²) < 4.78 is 0. The Bertz CT molecular complexity index is 409. The first-order valence-corrected chi connectivity index (χ1v) is 5.16. The maximum absolute atomic E-state index is 11.4. The molecule has 0 aromatic heterocycles. The summed E-state index contributed by atoms with van der Waals surface area (Å²) in [4.78, 5) is 11.4. The summed E-state index contributed by atoms with van der Waals surface area (Å²) in [5.41, 5.74) is 1.44. The van der Waals surface area contributed by atoms with Gasteiger partial charge in [-0.25, -0.2) is 0 Å². The number of carbonyl (C=O) groups excluding carboxylic acids is 1. The fourth-order valence-corrected chi connectivity index (χ4v) is 1.38. The highest BCUT2D eigenvalue weighted by molar-refractivity contribution is 6.44. The van der Waals surface area contributed by atoms with Crippen LogP contribution in [0.15, 0.2) is 29.8 Å². The lowest BCUT2D eigenvalue weighted by molar-refractivity contribution is -0.111. The van der Waals surface area contributed by atoms with Gasteiger partial charge in [-0.3, -0.25) is 4.79 Å². The van der Waals surface area contributed by atoms with Gasteiger partial charge in [0.05, 0.1) is 15.7 Å². The first-order valence-electron chi connectivity index (χ1n) is 4.40. The molecular formula is C11H11Cl2NO. The summed E-state index contributed by atoms with van der Waals surface area (Å²) in [5.74, 6) is -0.209. The standard InChI is InChI=1S/C11H11Cl2NO/c1-7(2)6-10(15)14-9-5-3-4-8(12)11(9)13/h3-6H,1-2H3,(H,14,15). The Hall–Kier alpha value is -0.990. The molecule has 0 bridgehead atoms. The Morgan fingerprint density at radius 3 is 2.60 bits per heavy atom. The van der Waals surface area contributed by atoms with Gasteiger partial charge in [0.25, 0.3) is 0 Å². The highest BCUT2D eigenvalue weighted by Gasteiger charge is 2.05. The number of hydrogen-bond acceptors (Lipinski definition) is 1. The SMILES string of the molecule is CC(C)=CC(=O)Nc1cccc(Cl)c1Cl. The Balaban J connectivity index is 2.86. The number of benzene rings is 1. The molecule has 1 aromatic rings. The Labute approximate surface area is 98.9 Å². The number of halogens is 2. The number of rotatable bonds is 2. The van der Waals surface area contributed by atoms with E-state index in [0.29, 0.717) is 15.7 Å². The molecule has 0 saturated heterocycles. The average Bonchev–Trinajstić information content (AvgIpc) is 2.11. The quantitative estimate of drug-likeness (QED) is 0.785. The normalized spacial score (nSPS) is 9.60. The second-order valence-electron chi connectivity index (χ2n) is 3.31. The van der Waals surface area contributed by atoms with Gasteiger partial charge in [-0.1, -0.05) is 34.8 Å². The van der Waals surface area contributed by atoms with Gasteiger partial charge >= 0.3 is 0 Å². The number of allylic oxidation sites excluding steroid dienone is 1. The van der Waals surface area contributed by atoms with Crippen LogP contribution in [0.2, 0.25) is 10.0 Å². The van der Waals surface area contributed by atoms with E-state index < -0.39 is 0 Å². The van der Waals surface area contributed by atoms with E-state index in [0.717, 1.165) is 5.57 Å². The fraction of sp³-hybridized carbons (Fsp3) is 0.182. The minimum atomic E-state index is -0.209. The number of hydrogen-bond donors (Lipinski definition) is 1. The van der Waals surface area contributed by atoms with E-state index in [4.69, 9.17) is 23.2 Å². The van der Waals surface area contributed by atoms with Gasteiger partial charge in [-0.2, -0.15) is 0 Å². The molecule has 1 rings (SSSR count). The van der Waals surface area contributed by atoms with E-state index in [1.807, 2.05) is 13.8 Å². The van der Waals surface area contributed by atoms with Crippen molar-refractivity contribution in [3.05, 3.63) is 39.9 Å². The van der Waals surface area contributed by atoms with Crippen LogP contribution in [0, 0.1) is 0 Å². The Morgan fingerprint density at radius 2 is 2.00 bits per heavy atom. The maximum Gasteiger partial charge on any atom is 0.248 e. The fourth-order valence-electron chi connectivity index (χ4n) is 1.03. The van der Waals surface area contributed by atoms with E-state index in [1.165, 1.54) is 6.08 Å². The summed E-state index contributed by atoms with van der Waals surface area (Å²) >= 11 is 11.7. The summed E-state index contributed by atoms with van der Waals surface area (Å²) in [5, 5.41) is 3.43. The molecule has 80 valence electrons. The molecule has 0 spiro atoms. The average molecular weight is 244 g/mol. The Morgan fingerprint density at radius 1 is 1.33 bits per heavy atom. The maximum atomic E-state index is 11.4. The van der Waals surface area contributed by atoms with Crippen LogP contribution in [-0.4, -0.2) is 5.91 Å². The lowest BCUT2D eigenvalue weighted by Gasteiger charge is -2.05. The van der Waals surface area contributed by atoms with Crippen LogP contribution in [0.3, 0.4) is 0 Å². The minimum Gasteiger partial charge on any atom is -0.321 e. The van der Waals surface area contributed by atoms with Crippen molar-refractivity contribution in [3.8, 4) is 0 Å². The predicted octanol–water partition coefficient (Wildman–Crippen LogP) is 3.90. The molecule has 2 nitrogen and oxygen atoms in total. The number of nitrogens with one attached hydrogen (secondary N) is 1. The van der Waals surface area contributed by atoms with Crippen LogP contribution in [0.25, 0.3) is 0 Å². The molecule has 4 heteroatoms. The van der Waals surface area contributed by atoms with Crippen LogP contribution >= 0.6 is 23.2 Å². The van der Waals surface area contributed by atoms with E-state index in [1.54, 1.807) is 18.2 Å². The lowest BCUT2D eigenvalue weighted by Crippen LogP contribution is -2.08. The number of anilines is 1. The van der Waals surface area contributed by atoms with Gasteiger partial charge < -0.3 is 5.32 Å². The topological polar surface area (TPSA) is 29.1 Å². The smallest absolute Gasteiger partial charge is 0.248 e. The van der Waals surface area contributed by atoms with Crippen LogP contribution in [-0.2, 0) is 4.79 Å². The van der Waals surface area contributed by atoms with Crippen molar-refractivity contribution in [1.82, 2.24) is 0 Å². The van der Waals surface area contributed by atoms with Crippen molar-refractivity contribution in [2.24, 2.45) is 0 Å². The third-order valence-electron chi connectivity index (χ3n) is 1.63. The lowest BCUT2D eigenvalue weighted by atomic mass is 10.3. The van der Waals surface area contributed by atoms with Gasteiger partial charge in [0.2, 0.25) is 5.91 Å². The highest BCUT2D eigenvalue weighted by atomic mass is 35.5. The zero-order chi connectivity index (χ0) is 11.4. The van der Waals surface area contributed by atoms with Crippen LogP contribution < -0.4 is 5.32 Å². The molecule has 15 heavy (non-hydrogen) atoms. The molecule has 0 saturated carbocycles. The highest BCUT2D eigenvalue weighted by Crippen LogP contribution is 2.29. The van der Waals surface area contributed by atoms with Gasteiger partial charge in [0.1, 0.15) is 0 Å². The number of amides is 1. The first kappa shape index (κ1) is 12.1. The van der Waals surface area contributed by atoms with Gasteiger partial charge in [0.15, 0.2) is 0 Å². The second kappa shape index (κ2) is 5.19. The zero-order valence-corrected chi connectivity index (χ0v) is 9.99. The molecule has 0 unspecified atom stereocenters. The summed E-state index contributed by atoms with van der Waals surface area (Å²) in [6.45, 7) is 3.69. The summed E-state index contributed by atoms with van der Waals surface area (Å²) in [6, 6.07) is 5.09. The van der Waals surface area contributed by atoms with Crippen molar-refractivity contribution in [2.45, 2.75) is 13.8 Å². The first-order chi connectivity index (χ1) is 7.00. The Kier molecular flexibility index (Phi) is 4.18. The number of carbonyl (C=O) groups is 1. The van der Waals surface area contributed by atoms with Crippen LogP contribution in [0.5, 0.6) is 0 Å². The third kappa shape index (κ3) is 3.57. The largest absolute Gasteiger partial charge is 0.321 e. The molecule has 0 aliphatic carbocycles. The van der Waals surface area contributed by atoms with Crippen molar-refractivity contribution >= 4 is 34.8 Å². The molecule has 1 amide bonds. The molecule has 0 fully saturated rings. The third-order valence-corrected chi connectivity index (χ3v) is 2.45. The molecule has 0 aliphatic rings. The monoisotopic (exact) mass is 243 g/mol. The van der Waals surface area contributed by atoms with E-state index in [-0.39, 0.29) is 5.91 Å². The molecule has 1 N–H and O–H groups in total. The molecule has 1 aromatic carbocycles. The predicted molar refractivity (Wildman–Crippen MR) is 64.5 cm³/mol. The molecule has 0 heterocycles. The zero-order valence-electron chi connectivity index (χ0n) is 8.47. The van der Waals surface area contributed by atoms with Crippen molar-refractivity contribution in [2.75, 3.05) is 5.32 Å². The second-order valence-corrected chi connectivity index (χ2v) is 4.10. The van der Waals surface area contributed by atoms with Gasteiger partial charge in [-0.05, 0) is 26.0 Å². The van der Waals surface area contributed by atoms with Crippen LogP contribution in [0.1, 0.15) is 13.8 Å².